The van der Waals surface area contributed by atoms with Gasteiger partial charge in [-0.15, -0.1) is 0 Å². The topological polar surface area (TPSA) is 72.2 Å². The van der Waals surface area contributed by atoms with E-state index in [2.05, 4.69) is 21.0 Å². The lowest BCUT2D eigenvalue weighted by molar-refractivity contribution is 0.0686. The lowest BCUT2D eigenvalue weighted by Gasteiger charge is -2.09. The molecule has 1 N–H and O–H groups in total. The standard InChI is InChI=1S/C13H10BrFN2O3/c1-2-7-6-17(16-11(12(7)18)13(19)20)10-4-3-8(14)5-9(10)15/h3-6H,2H2,1H3,(H,19,20). The zero-order valence-electron chi connectivity index (χ0n) is 10.4. The minimum absolute atomic E-state index is 0.0744. The first-order valence-corrected chi connectivity index (χ1v) is 6.55. The quantitative estimate of drug-likeness (QED) is 0.931. The van der Waals surface area contributed by atoms with Crippen molar-refractivity contribution in [2.24, 2.45) is 0 Å². The van der Waals surface area contributed by atoms with Crippen LogP contribution in [0, 0.1) is 5.82 Å². The number of nitrogens with zero attached hydrogens (tertiary/aromatic N) is 2. The van der Waals surface area contributed by atoms with Crippen molar-refractivity contribution in [3.63, 3.8) is 0 Å². The highest BCUT2D eigenvalue weighted by Gasteiger charge is 2.16. The second-order valence-corrected chi connectivity index (χ2v) is 4.95. The number of carbonyl (C=O) groups is 1. The van der Waals surface area contributed by atoms with Gasteiger partial charge in [0.25, 0.3) is 0 Å². The molecule has 2 aromatic rings. The highest BCUT2D eigenvalue weighted by Crippen LogP contribution is 2.18. The van der Waals surface area contributed by atoms with Gasteiger partial charge in [0.05, 0.1) is 0 Å². The van der Waals surface area contributed by atoms with E-state index in [9.17, 15) is 14.0 Å². The summed E-state index contributed by atoms with van der Waals surface area (Å²) in [4.78, 5) is 22.8. The van der Waals surface area contributed by atoms with E-state index in [0.717, 1.165) is 4.68 Å². The molecular weight excluding hydrogens is 331 g/mol. The number of carboxylic acid groups (broad SMARTS) is 1. The molecule has 0 atom stereocenters. The van der Waals surface area contributed by atoms with Gasteiger partial charge < -0.3 is 5.11 Å². The zero-order chi connectivity index (χ0) is 14.9. The average Bonchev–Trinajstić information content (AvgIpc) is 2.39. The second kappa shape index (κ2) is 5.54. The number of aryl methyl sites for hydroxylation is 1. The number of benzene rings is 1. The zero-order valence-corrected chi connectivity index (χ0v) is 12.0. The predicted molar refractivity (Wildman–Crippen MR) is 73.8 cm³/mol. The monoisotopic (exact) mass is 340 g/mol. The Morgan fingerprint density at radius 1 is 1.50 bits per heavy atom. The maximum atomic E-state index is 13.9. The summed E-state index contributed by atoms with van der Waals surface area (Å²) >= 11 is 3.13. The highest BCUT2D eigenvalue weighted by atomic mass is 79.9. The molecule has 0 saturated heterocycles. The van der Waals surface area contributed by atoms with Crippen LogP contribution in [0.25, 0.3) is 5.69 Å². The van der Waals surface area contributed by atoms with Gasteiger partial charge in [-0.3, -0.25) is 4.79 Å². The van der Waals surface area contributed by atoms with Gasteiger partial charge in [0.1, 0.15) is 11.5 Å². The van der Waals surface area contributed by atoms with Gasteiger partial charge >= 0.3 is 5.97 Å². The van der Waals surface area contributed by atoms with Crippen molar-refractivity contribution in [3.8, 4) is 5.69 Å². The fourth-order valence-corrected chi connectivity index (χ4v) is 2.06. The van der Waals surface area contributed by atoms with E-state index in [1.54, 1.807) is 13.0 Å². The van der Waals surface area contributed by atoms with Crippen molar-refractivity contribution >= 4 is 21.9 Å². The normalized spacial score (nSPS) is 10.6. The molecule has 1 heterocycles. The molecule has 1 aromatic heterocycles. The van der Waals surface area contributed by atoms with Gasteiger partial charge in [0.2, 0.25) is 11.1 Å². The number of hydrogen-bond acceptors (Lipinski definition) is 3. The van der Waals surface area contributed by atoms with Crippen molar-refractivity contribution in [3.05, 3.63) is 56.2 Å². The Labute approximate surface area is 121 Å². The Kier molecular flexibility index (Phi) is 3.99. The van der Waals surface area contributed by atoms with Crippen LogP contribution in [0.1, 0.15) is 23.0 Å². The van der Waals surface area contributed by atoms with Gasteiger partial charge in [0, 0.05) is 16.2 Å². The van der Waals surface area contributed by atoms with Crippen LogP contribution >= 0.6 is 15.9 Å². The molecule has 0 amide bonds. The minimum Gasteiger partial charge on any atom is -0.476 e. The number of halogens is 2. The van der Waals surface area contributed by atoms with E-state index in [4.69, 9.17) is 5.11 Å². The molecule has 0 fully saturated rings. The van der Waals surface area contributed by atoms with E-state index in [1.807, 2.05) is 0 Å². The smallest absolute Gasteiger partial charge is 0.360 e. The van der Waals surface area contributed by atoms with Crippen LogP contribution in [0.2, 0.25) is 0 Å². The first-order chi connectivity index (χ1) is 9.43. The van der Waals surface area contributed by atoms with Gasteiger partial charge in [-0.25, -0.2) is 13.9 Å². The molecule has 0 bridgehead atoms. The Morgan fingerprint density at radius 2 is 2.20 bits per heavy atom. The largest absolute Gasteiger partial charge is 0.476 e. The van der Waals surface area contributed by atoms with Crippen LogP contribution in [0.3, 0.4) is 0 Å². The first kappa shape index (κ1) is 14.4. The summed E-state index contributed by atoms with van der Waals surface area (Å²) in [7, 11) is 0. The third kappa shape index (κ3) is 2.62. The minimum atomic E-state index is -1.43. The molecule has 0 aliphatic rings. The van der Waals surface area contributed by atoms with E-state index in [0.29, 0.717) is 10.9 Å². The molecule has 0 spiro atoms. The SMILES string of the molecule is CCc1cn(-c2ccc(Br)cc2F)nc(C(=O)O)c1=O. The van der Waals surface area contributed by atoms with E-state index in [-0.39, 0.29) is 11.3 Å². The van der Waals surface area contributed by atoms with E-state index < -0.39 is 22.9 Å². The molecular formula is C13H10BrFN2O3. The predicted octanol–water partition coefficient (Wildman–Crippen LogP) is 2.39. The van der Waals surface area contributed by atoms with Gasteiger partial charge in [0.15, 0.2) is 0 Å². The van der Waals surface area contributed by atoms with Crippen LogP contribution in [-0.2, 0) is 6.42 Å². The fraction of sp³-hybridized carbons (Fsp3) is 0.154. The molecule has 0 radical (unpaired) electrons. The van der Waals surface area contributed by atoms with Crippen LogP contribution in [0.5, 0.6) is 0 Å². The molecule has 7 heteroatoms. The number of carboxylic acids is 1. The lowest BCUT2D eigenvalue weighted by Crippen LogP contribution is -2.24. The third-order valence-corrected chi connectivity index (χ3v) is 3.23. The Hall–Kier alpha value is -2.02. The number of aromatic carboxylic acids is 1. The third-order valence-electron chi connectivity index (χ3n) is 2.73. The van der Waals surface area contributed by atoms with Gasteiger partial charge in [-0.1, -0.05) is 22.9 Å². The molecule has 20 heavy (non-hydrogen) atoms. The van der Waals surface area contributed by atoms with Crippen LogP contribution < -0.4 is 5.43 Å². The maximum absolute atomic E-state index is 13.9. The molecule has 104 valence electrons. The van der Waals surface area contributed by atoms with E-state index in [1.165, 1.54) is 18.3 Å². The van der Waals surface area contributed by atoms with Crippen molar-refractivity contribution in [1.82, 2.24) is 9.78 Å². The molecule has 2 rings (SSSR count). The summed E-state index contributed by atoms with van der Waals surface area (Å²) in [5, 5.41) is 12.7. The lowest BCUT2D eigenvalue weighted by atomic mass is 10.2. The Balaban J connectivity index is 2.71. The molecule has 0 aliphatic heterocycles. The fourth-order valence-electron chi connectivity index (χ4n) is 1.72. The highest BCUT2D eigenvalue weighted by molar-refractivity contribution is 9.10. The number of hydrogen-bond donors (Lipinski definition) is 1. The van der Waals surface area contributed by atoms with Gasteiger partial charge in [-0.2, -0.15) is 5.10 Å². The summed E-state index contributed by atoms with van der Waals surface area (Å²) in [6.07, 6.45) is 1.68. The Bertz CT molecular complexity index is 743. The molecule has 0 unspecified atom stereocenters. The van der Waals surface area contributed by atoms with Crippen molar-refractivity contribution in [2.75, 3.05) is 0 Å². The summed E-state index contributed by atoms with van der Waals surface area (Å²) in [5.74, 6) is -2.01. The number of aromatic nitrogens is 2. The molecule has 0 saturated carbocycles. The van der Waals surface area contributed by atoms with E-state index >= 15 is 0 Å². The molecule has 1 aromatic carbocycles. The summed E-state index contributed by atoms with van der Waals surface area (Å²) in [5.41, 5.74) is -0.925. The second-order valence-electron chi connectivity index (χ2n) is 4.03. The maximum Gasteiger partial charge on any atom is 0.360 e. The van der Waals surface area contributed by atoms with Crippen LogP contribution in [0.15, 0.2) is 33.7 Å². The van der Waals surface area contributed by atoms with Crippen LogP contribution in [-0.4, -0.2) is 20.9 Å². The Morgan fingerprint density at radius 3 is 2.75 bits per heavy atom. The molecule has 5 nitrogen and oxygen atoms in total. The van der Waals surface area contributed by atoms with Crippen LogP contribution in [0.4, 0.5) is 4.39 Å². The van der Waals surface area contributed by atoms with Crippen molar-refractivity contribution in [2.45, 2.75) is 13.3 Å². The van der Waals surface area contributed by atoms with Gasteiger partial charge in [-0.05, 0) is 24.6 Å². The average molecular weight is 341 g/mol. The summed E-state index contributed by atoms with van der Waals surface area (Å²) in [6.45, 7) is 1.71. The summed E-state index contributed by atoms with van der Waals surface area (Å²) in [6, 6.07) is 4.29. The first-order valence-electron chi connectivity index (χ1n) is 5.75. The molecule has 0 aliphatic carbocycles. The van der Waals surface area contributed by atoms with Crippen molar-refractivity contribution < 1.29 is 14.3 Å². The van der Waals surface area contributed by atoms with Crippen molar-refractivity contribution in [1.29, 1.82) is 0 Å². The number of rotatable bonds is 3. The summed E-state index contributed by atoms with van der Waals surface area (Å²) < 4.78 is 15.5.